The molecule has 1 amide bonds. The van der Waals surface area contributed by atoms with Gasteiger partial charge in [-0.2, -0.15) is 0 Å². The molecule has 3 aromatic rings. The molecule has 0 bridgehead atoms. The lowest BCUT2D eigenvalue weighted by molar-refractivity contribution is 0.0547. The Labute approximate surface area is 225 Å². The highest BCUT2D eigenvalue weighted by molar-refractivity contribution is 6.07. The van der Waals surface area contributed by atoms with Crippen LogP contribution in [0.1, 0.15) is 80.9 Å². The standard InChI is InChI=1S/C31H39N3O4/c1-20(2)37-19-22-14-24-17-32-29(35)28(24)25(15-22)27-16-23-13-21(18-33-11-7-6-8-12-33)9-10-26(23)34(27)30(36)38-31(3,4)5/h9-10,13-16,20H,6-8,11-12,17-19H2,1-5H3,(H,32,35). The minimum atomic E-state index is -0.661. The third-order valence-electron chi connectivity index (χ3n) is 7.10. The molecule has 0 spiro atoms. The summed E-state index contributed by atoms with van der Waals surface area (Å²) in [6, 6.07) is 12.3. The number of fused-ring (bicyclic) bond motifs is 2. The van der Waals surface area contributed by atoms with Crippen molar-refractivity contribution in [1.82, 2.24) is 14.8 Å². The van der Waals surface area contributed by atoms with Crippen molar-refractivity contribution in [3.8, 4) is 11.3 Å². The van der Waals surface area contributed by atoms with E-state index in [4.69, 9.17) is 9.47 Å². The van der Waals surface area contributed by atoms with Crippen molar-refractivity contribution in [3.63, 3.8) is 0 Å². The second kappa shape index (κ2) is 10.5. The van der Waals surface area contributed by atoms with Gasteiger partial charge in [0.1, 0.15) is 5.60 Å². The van der Waals surface area contributed by atoms with Crippen LogP contribution in [-0.4, -0.2) is 46.3 Å². The maximum Gasteiger partial charge on any atom is 0.419 e. The average molecular weight is 518 g/mol. The molecule has 3 heterocycles. The van der Waals surface area contributed by atoms with E-state index in [1.54, 1.807) is 4.57 Å². The fraction of sp³-hybridized carbons (Fsp3) is 0.484. The Kier molecular flexibility index (Phi) is 7.34. The van der Waals surface area contributed by atoms with Gasteiger partial charge in [0.15, 0.2) is 0 Å². The summed E-state index contributed by atoms with van der Waals surface area (Å²) in [5, 5.41) is 3.91. The van der Waals surface area contributed by atoms with Crippen molar-refractivity contribution < 1.29 is 19.1 Å². The third kappa shape index (κ3) is 5.64. The van der Waals surface area contributed by atoms with Gasteiger partial charge in [0, 0.05) is 24.0 Å². The zero-order valence-corrected chi connectivity index (χ0v) is 23.2. The highest BCUT2D eigenvalue weighted by Crippen LogP contribution is 2.36. The van der Waals surface area contributed by atoms with Crippen LogP contribution in [0.3, 0.4) is 0 Å². The number of carbonyl (C=O) groups is 2. The van der Waals surface area contributed by atoms with Gasteiger partial charge in [-0.25, -0.2) is 9.36 Å². The third-order valence-corrected chi connectivity index (χ3v) is 7.10. The lowest BCUT2D eigenvalue weighted by atomic mass is 9.97. The predicted octanol–water partition coefficient (Wildman–Crippen LogP) is 6.25. The number of rotatable bonds is 6. The number of hydrogen-bond donors (Lipinski definition) is 1. The quantitative estimate of drug-likeness (QED) is 0.419. The molecule has 1 N–H and O–H groups in total. The van der Waals surface area contributed by atoms with Gasteiger partial charge in [0.25, 0.3) is 5.91 Å². The summed E-state index contributed by atoms with van der Waals surface area (Å²) >= 11 is 0. The molecule has 0 unspecified atom stereocenters. The molecule has 202 valence electrons. The first-order valence-corrected chi connectivity index (χ1v) is 13.7. The van der Waals surface area contributed by atoms with Crippen LogP contribution in [0.5, 0.6) is 0 Å². The number of amides is 1. The first-order chi connectivity index (χ1) is 18.1. The molecule has 0 aliphatic carbocycles. The van der Waals surface area contributed by atoms with E-state index in [0.717, 1.165) is 47.2 Å². The van der Waals surface area contributed by atoms with Crippen LogP contribution < -0.4 is 5.32 Å². The van der Waals surface area contributed by atoms with Crippen molar-refractivity contribution in [3.05, 3.63) is 58.7 Å². The van der Waals surface area contributed by atoms with E-state index in [1.807, 2.05) is 58.9 Å². The summed E-state index contributed by atoms with van der Waals surface area (Å²) in [5.41, 5.74) is 5.20. The van der Waals surface area contributed by atoms with Crippen LogP contribution >= 0.6 is 0 Å². The molecule has 1 fully saturated rings. The molecule has 1 saturated heterocycles. The topological polar surface area (TPSA) is 72.8 Å². The Morgan fingerprint density at radius 2 is 1.79 bits per heavy atom. The largest absolute Gasteiger partial charge is 0.443 e. The van der Waals surface area contributed by atoms with E-state index in [2.05, 4.69) is 22.3 Å². The first kappa shape index (κ1) is 26.4. The fourth-order valence-corrected chi connectivity index (χ4v) is 5.43. The van der Waals surface area contributed by atoms with Gasteiger partial charge in [-0.05, 0) is 102 Å². The summed E-state index contributed by atoms with van der Waals surface area (Å²) < 4.78 is 13.4. The molecule has 2 aliphatic rings. The van der Waals surface area contributed by atoms with Crippen molar-refractivity contribution in [2.45, 2.75) is 85.3 Å². The minimum absolute atomic E-state index is 0.0815. The monoisotopic (exact) mass is 517 g/mol. The predicted molar refractivity (Wildman–Crippen MR) is 149 cm³/mol. The van der Waals surface area contributed by atoms with E-state index < -0.39 is 11.7 Å². The first-order valence-electron chi connectivity index (χ1n) is 13.7. The van der Waals surface area contributed by atoms with Gasteiger partial charge in [0.2, 0.25) is 0 Å². The molecule has 1 aromatic heterocycles. The minimum Gasteiger partial charge on any atom is -0.443 e. The molecule has 2 aromatic carbocycles. The highest BCUT2D eigenvalue weighted by atomic mass is 16.6. The van der Waals surface area contributed by atoms with E-state index in [9.17, 15) is 9.59 Å². The lowest BCUT2D eigenvalue weighted by Gasteiger charge is -2.26. The molecule has 38 heavy (non-hydrogen) atoms. The van der Waals surface area contributed by atoms with Crippen LogP contribution in [0, 0.1) is 0 Å². The number of likely N-dealkylation sites (tertiary alicyclic amines) is 1. The molecule has 0 saturated carbocycles. The highest BCUT2D eigenvalue weighted by Gasteiger charge is 2.29. The normalized spacial score (nSPS) is 16.2. The van der Waals surface area contributed by atoms with Crippen molar-refractivity contribution in [2.75, 3.05) is 13.1 Å². The van der Waals surface area contributed by atoms with Crippen molar-refractivity contribution in [2.24, 2.45) is 0 Å². The van der Waals surface area contributed by atoms with Gasteiger partial charge in [-0.3, -0.25) is 9.69 Å². The number of carbonyl (C=O) groups excluding carboxylic acids is 2. The molecule has 7 nitrogen and oxygen atoms in total. The van der Waals surface area contributed by atoms with Crippen LogP contribution in [0.4, 0.5) is 4.79 Å². The number of nitrogens with zero attached hydrogens (tertiary/aromatic N) is 2. The fourth-order valence-electron chi connectivity index (χ4n) is 5.43. The molecule has 0 atom stereocenters. The summed E-state index contributed by atoms with van der Waals surface area (Å²) in [4.78, 5) is 29.1. The number of nitrogens with one attached hydrogen (secondary N) is 1. The van der Waals surface area contributed by atoms with Gasteiger partial charge in [0.05, 0.1) is 29.5 Å². The van der Waals surface area contributed by atoms with E-state index in [-0.39, 0.29) is 12.0 Å². The summed E-state index contributed by atoms with van der Waals surface area (Å²) in [5.74, 6) is -0.127. The molecule has 5 rings (SSSR count). The zero-order chi connectivity index (χ0) is 27.0. The molecule has 0 radical (unpaired) electrons. The second-order valence-corrected chi connectivity index (χ2v) is 11.8. The second-order valence-electron chi connectivity index (χ2n) is 11.8. The lowest BCUT2D eigenvalue weighted by Crippen LogP contribution is -2.29. The summed E-state index contributed by atoms with van der Waals surface area (Å²) in [7, 11) is 0. The maximum absolute atomic E-state index is 13.6. The van der Waals surface area contributed by atoms with Crippen LogP contribution in [0.25, 0.3) is 22.2 Å². The Morgan fingerprint density at radius 3 is 2.50 bits per heavy atom. The number of aromatic nitrogens is 1. The number of hydrogen-bond acceptors (Lipinski definition) is 5. The van der Waals surface area contributed by atoms with Gasteiger partial charge in [-0.1, -0.05) is 18.6 Å². The van der Waals surface area contributed by atoms with E-state index in [1.165, 1.54) is 24.8 Å². The number of piperidine rings is 1. The molecule has 7 heteroatoms. The van der Waals surface area contributed by atoms with Gasteiger partial charge >= 0.3 is 6.09 Å². The zero-order valence-electron chi connectivity index (χ0n) is 23.2. The van der Waals surface area contributed by atoms with Crippen LogP contribution in [0.15, 0.2) is 36.4 Å². The van der Waals surface area contributed by atoms with E-state index in [0.29, 0.717) is 24.4 Å². The smallest absolute Gasteiger partial charge is 0.419 e. The molecular weight excluding hydrogens is 478 g/mol. The number of ether oxygens (including phenoxy) is 2. The average Bonchev–Trinajstić information content (AvgIpc) is 3.42. The maximum atomic E-state index is 13.6. The Morgan fingerprint density at radius 1 is 1.03 bits per heavy atom. The van der Waals surface area contributed by atoms with Crippen molar-refractivity contribution >= 4 is 22.9 Å². The number of benzene rings is 2. The van der Waals surface area contributed by atoms with Crippen LogP contribution in [-0.2, 0) is 29.2 Å². The Bertz CT molecular complexity index is 1360. The van der Waals surface area contributed by atoms with Crippen LogP contribution in [0.2, 0.25) is 0 Å². The van der Waals surface area contributed by atoms with E-state index >= 15 is 0 Å². The molecular formula is C31H39N3O4. The summed E-state index contributed by atoms with van der Waals surface area (Å²) in [6.07, 6.45) is 3.41. The van der Waals surface area contributed by atoms with Gasteiger partial charge < -0.3 is 14.8 Å². The van der Waals surface area contributed by atoms with Gasteiger partial charge in [-0.15, -0.1) is 0 Å². The Hall–Kier alpha value is -3.16. The molecule has 2 aliphatic heterocycles. The summed E-state index contributed by atoms with van der Waals surface area (Å²) in [6.45, 7) is 13.6. The van der Waals surface area contributed by atoms with Crippen molar-refractivity contribution in [1.29, 1.82) is 0 Å². The Balaban J connectivity index is 1.64. The SMILES string of the molecule is CC(C)OCc1cc2c(c(-c3cc4cc(CN5CCCCC5)ccc4n3C(=O)OC(C)(C)C)c1)C(=O)NC2.